The molecule has 2 N–H and O–H groups in total. The van der Waals surface area contributed by atoms with Gasteiger partial charge in [-0.15, -0.1) is 0 Å². The van der Waals surface area contributed by atoms with Crippen LogP contribution in [0.5, 0.6) is 5.75 Å². The van der Waals surface area contributed by atoms with E-state index in [1.54, 1.807) is 18.2 Å². The number of hydrogen-bond donors (Lipinski definition) is 2. The van der Waals surface area contributed by atoms with Crippen molar-refractivity contribution >= 4 is 14.2 Å². The molecule has 0 aliphatic heterocycles. The molecule has 1 atom stereocenters. The first-order valence-corrected chi connectivity index (χ1v) is 11.2. The van der Waals surface area contributed by atoms with Crippen LogP contribution in [0.3, 0.4) is 0 Å². The number of phenols is 1. The third-order valence-electron chi connectivity index (χ3n) is 4.51. The molecule has 4 nitrogen and oxygen atoms in total. The Labute approximate surface area is 141 Å². The average molecular weight is 338 g/mol. The van der Waals surface area contributed by atoms with Crippen molar-refractivity contribution in [3.63, 3.8) is 0 Å². The number of aromatic hydroxyl groups is 1. The molecule has 1 aromatic rings. The summed E-state index contributed by atoms with van der Waals surface area (Å²) in [5.41, 5.74) is 0.534. The second-order valence-electron chi connectivity index (χ2n) is 7.46. The molecule has 0 aliphatic rings. The number of nitrogens with one attached hydrogen (secondary N) is 1. The second-order valence-corrected chi connectivity index (χ2v) is 12.2. The number of carbonyl (C=O) groups is 1. The number of rotatable bonds is 7. The summed E-state index contributed by atoms with van der Waals surface area (Å²) in [6, 6.07) is 6.91. The van der Waals surface area contributed by atoms with Crippen molar-refractivity contribution in [2.45, 2.75) is 64.8 Å². The van der Waals surface area contributed by atoms with Crippen molar-refractivity contribution in [1.82, 2.24) is 5.32 Å². The third-order valence-corrected chi connectivity index (χ3v) is 8.94. The van der Waals surface area contributed by atoms with Crippen LogP contribution in [-0.2, 0) is 9.22 Å². The number of phenolic OH excluding ortho intramolecular Hbond substituents is 1. The van der Waals surface area contributed by atoms with Gasteiger partial charge in [-0.25, -0.2) is 0 Å². The van der Waals surface area contributed by atoms with E-state index >= 15 is 0 Å². The summed E-state index contributed by atoms with van der Waals surface area (Å²) in [6.07, 6.45) is 1.18. The Hall–Kier alpha value is -1.33. The fraction of sp³-hybridized carbons (Fsp3) is 0.611. The predicted octanol–water partition coefficient (Wildman–Crippen LogP) is 4.37. The molecule has 1 unspecified atom stereocenters. The van der Waals surface area contributed by atoms with Gasteiger partial charge in [0.2, 0.25) is 0 Å². The Morgan fingerprint density at radius 1 is 1.30 bits per heavy atom. The highest BCUT2D eigenvalue weighted by Crippen LogP contribution is 2.40. The molecule has 0 aromatic heterocycles. The van der Waals surface area contributed by atoms with E-state index in [9.17, 15) is 9.90 Å². The quantitative estimate of drug-likeness (QED) is 0.574. The molecule has 0 fully saturated rings. The fourth-order valence-corrected chi connectivity index (χ4v) is 3.10. The van der Waals surface area contributed by atoms with Crippen molar-refractivity contribution < 1.29 is 14.3 Å². The first kappa shape index (κ1) is 19.7. The molecule has 1 rings (SSSR count). The molecule has 5 heteroatoms. The molecule has 0 bridgehead atoms. The highest BCUT2D eigenvalue weighted by molar-refractivity contribution is 6.74. The molecule has 0 aliphatic carbocycles. The maximum Gasteiger partial charge on any atom is 0.252 e. The first-order chi connectivity index (χ1) is 10.6. The summed E-state index contributed by atoms with van der Waals surface area (Å²) in [6.45, 7) is 13.3. The largest absolute Gasteiger partial charge is 0.508 e. The summed E-state index contributed by atoms with van der Waals surface area (Å²) < 4.78 is 6.33. The van der Waals surface area contributed by atoms with Crippen LogP contribution in [0.2, 0.25) is 18.1 Å². The lowest BCUT2D eigenvalue weighted by Gasteiger charge is -2.39. The molecule has 1 aromatic carbocycles. The minimum atomic E-state index is -2.16. The zero-order valence-corrected chi connectivity index (χ0v) is 16.3. The summed E-state index contributed by atoms with van der Waals surface area (Å²) in [5, 5.41) is 13.1. The molecule has 1 amide bonds. The van der Waals surface area contributed by atoms with Crippen molar-refractivity contribution in [2.24, 2.45) is 0 Å². The standard InChI is InChI=1S/C18H31NO3Si/c1-7-8-13-19-17(21)16(14-11-9-10-12-15(14)20)22-23(5,6)18(2,3)4/h9-12,16,20H,7-8,13H2,1-6H3,(H,19,21). The number of unbranched alkanes of at least 4 members (excludes halogenated alkanes) is 1. The van der Waals surface area contributed by atoms with Crippen molar-refractivity contribution in [1.29, 1.82) is 0 Å². The zero-order valence-electron chi connectivity index (χ0n) is 15.3. The van der Waals surface area contributed by atoms with Gasteiger partial charge in [0.15, 0.2) is 14.4 Å². The van der Waals surface area contributed by atoms with Crippen molar-refractivity contribution in [3.05, 3.63) is 29.8 Å². The molecule has 0 heterocycles. The summed E-state index contributed by atoms with van der Waals surface area (Å²) in [7, 11) is -2.16. The van der Waals surface area contributed by atoms with Gasteiger partial charge >= 0.3 is 0 Å². The zero-order chi connectivity index (χ0) is 17.7. The fourth-order valence-electron chi connectivity index (χ4n) is 1.92. The van der Waals surface area contributed by atoms with Crippen LogP contribution in [-0.4, -0.2) is 25.9 Å². The van der Waals surface area contributed by atoms with Gasteiger partial charge in [0.25, 0.3) is 5.91 Å². The molecule has 130 valence electrons. The summed E-state index contributed by atoms with van der Waals surface area (Å²) in [5.74, 6) is -0.0772. The molecule has 0 saturated carbocycles. The van der Waals surface area contributed by atoms with Crippen molar-refractivity contribution in [2.75, 3.05) is 6.54 Å². The van der Waals surface area contributed by atoms with E-state index in [4.69, 9.17) is 4.43 Å². The van der Waals surface area contributed by atoms with E-state index in [0.717, 1.165) is 12.8 Å². The smallest absolute Gasteiger partial charge is 0.252 e. The SMILES string of the molecule is CCCCNC(=O)C(O[Si](C)(C)C(C)(C)C)c1ccccc1O. The van der Waals surface area contributed by atoms with Gasteiger partial charge in [-0.2, -0.15) is 0 Å². The molecular formula is C18H31NO3Si. The number of carbonyl (C=O) groups excluding carboxylic acids is 1. The van der Waals surface area contributed by atoms with Crippen LogP contribution in [0.25, 0.3) is 0 Å². The molecule has 0 spiro atoms. The maximum absolute atomic E-state index is 12.7. The first-order valence-electron chi connectivity index (χ1n) is 8.33. The van der Waals surface area contributed by atoms with E-state index in [0.29, 0.717) is 12.1 Å². The Balaban J connectivity index is 3.07. The van der Waals surface area contributed by atoms with E-state index < -0.39 is 14.4 Å². The molecule has 0 saturated heterocycles. The number of amides is 1. The topological polar surface area (TPSA) is 58.6 Å². The Bertz CT molecular complexity index is 523. The normalized spacial score (nSPS) is 13.7. The van der Waals surface area contributed by atoms with Gasteiger partial charge in [-0.05, 0) is 30.6 Å². The lowest BCUT2D eigenvalue weighted by molar-refractivity contribution is -0.128. The van der Waals surface area contributed by atoms with Gasteiger partial charge in [0.05, 0.1) is 0 Å². The van der Waals surface area contributed by atoms with Crippen molar-refractivity contribution in [3.8, 4) is 5.75 Å². The highest BCUT2D eigenvalue weighted by atomic mass is 28.4. The lowest BCUT2D eigenvalue weighted by atomic mass is 10.1. The predicted molar refractivity (Wildman–Crippen MR) is 97.0 cm³/mol. The summed E-state index contributed by atoms with van der Waals surface area (Å²) >= 11 is 0. The van der Waals surface area contributed by atoms with Gasteiger partial charge < -0.3 is 14.8 Å². The maximum atomic E-state index is 12.7. The Kier molecular flexibility index (Phi) is 6.83. The minimum absolute atomic E-state index is 0.0145. The second kappa shape index (κ2) is 7.97. The summed E-state index contributed by atoms with van der Waals surface area (Å²) in [4.78, 5) is 12.7. The number of hydrogen-bond acceptors (Lipinski definition) is 3. The van der Waals surface area contributed by atoms with Crippen LogP contribution >= 0.6 is 0 Å². The van der Waals surface area contributed by atoms with Crippen LogP contribution in [0, 0.1) is 0 Å². The van der Waals surface area contributed by atoms with E-state index in [2.05, 4.69) is 46.1 Å². The number of benzene rings is 1. The van der Waals surface area contributed by atoms with Gasteiger partial charge in [-0.1, -0.05) is 52.3 Å². The van der Waals surface area contributed by atoms with Gasteiger partial charge in [0.1, 0.15) is 5.75 Å². The van der Waals surface area contributed by atoms with E-state index in [1.165, 1.54) is 0 Å². The average Bonchev–Trinajstić information content (AvgIpc) is 2.44. The highest BCUT2D eigenvalue weighted by Gasteiger charge is 2.41. The Morgan fingerprint density at radius 3 is 2.43 bits per heavy atom. The molecule has 23 heavy (non-hydrogen) atoms. The number of para-hydroxylation sites is 1. The Morgan fingerprint density at radius 2 is 1.91 bits per heavy atom. The molecular weight excluding hydrogens is 306 g/mol. The monoisotopic (exact) mass is 337 g/mol. The van der Waals surface area contributed by atoms with E-state index in [1.807, 2.05) is 6.07 Å². The van der Waals surface area contributed by atoms with Gasteiger partial charge in [0, 0.05) is 12.1 Å². The van der Waals surface area contributed by atoms with Crippen LogP contribution in [0.4, 0.5) is 0 Å². The van der Waals surface area contributed by atoms with E-state index in [-0.39, 0.29) is 16.7 Å². The molecule has 0 radical (unpaired) electrons. The minimum Gasteiger partial charge on any atom is -0.508 e. The van der Waals surface area contributed by atoms with Crippen LogP contribution in [0.15, 0.2) is 24.3 Å². The lowest BCUT2D eigenvalue weighted by Crippen LogP contribution is -2.45. The third kappa shape index (κ3) is 5.36. The van der Waals surface area contributed by atoms with Crippen LogP contribution in [0.1, 0.15) is 52.2 Å². The van der Waals surface area contributed by atoms with Gasteiger partial charge in [-0.3, -0.25) is 4.79 Å². The van der Waals surface area contributed by atoms with Crippen LogP contribution < -0.4 is 5.32 Å².